The lowest BCUT2D eigenvalue weighted by molar-refractivity contribution is 0.184. The van der Waals surface area contributed by atoms with Crippen LogP contribution in [0.4, 0.5) is 13.6 Å². The normalized spacial score (nSPS) is 16.6. The fourth-order valence-corrected chi connectivity index (χ4v) is 3.63. The highest BCUT2D eigenvalue weighted by atomic mass is 19.1. The molecule has 2 amide bonds. The first kappa shape index (κ1) is 21.0. The summed E-state index contributed by atoms with van der Waals surface area (Å²) in [5.74, 6) is -0.201. The van der Waals surface area contributed by atoms with E-state index >= 15 is 0 Å². The summed E-state index contributed by atoms with van der Waals surface area (Å²) in [5, 5.41) is 2.87. The maximum atomic E-state index is 13.9. The third-order valence-electron chi connectivity index (χ3n) is 5.20. The molecular weight excluding hydrogens is 376 g/mol. The van der Waals surface area contributed by atoms with E-state index < -0.39 is 5.82 Å². The fraction of sp³-hybridized carbons (Fsp3) is 0.409. The second kappa shape index (κ2) is 9.69. The van der Waals surface area contributed by atoms with Crippen LogP contribution in [0.15, 0.2) is 42.5 Å². The van der Waals surface area contributed by atoms with E-state index in [0.29, 0.717) is 24.6 Å². The van der Waals surface area contributed by atoms with E-state index in [1.54, 1.807) is 29.2 Å². The molecule has 0 saturated carbocycles. The van der Waals surface area contributed by atoms with Crippen LogP contribution >= 0.6 is 0 Å². The first-order chi connectivity index (χ1) is 13.9. The van der Waals surface area contributed by atoms with Gasteiger partial charge in [-0.2, -0.15) is 0 Å². The van der Waals surface area contributed by atoms with Gasteiger partial charge in [0.05, 0.1) is 7.11 Å². The molecule has 29 heavy (non-hydrogen) atoms. The summed E-state index contributed by atoms with van der Waals surface area (Å²) >= 11 is 0. The Morgan fingerprint density at radius 1 is 1.21 bits per heavy atom. The topological polar surface area (TPSA) is 44.8 Å². The Hall–Kier alpha value is -2.67. The summed E-state index contributed by atoms with van der Waals surface area (Å²) in [6, 6.07) is 10.6. The van der Waals surface area contributed by atoms with E-state index in [1.807, 2.05) is 0 Å². The minimum absolute atomic E-state index is 0.170. The minimum atomic E-state index is -0.462. The fourth-order valence-electron chi connectivity index (χ4n) is 3.63. The number of rotatable bonds is 7. The molecule has 1 fully saturated rings. The highest BCUT2D eigenvalue weighted by molar-refractivity contribution is 5.74. The van der Waals surface area contributed by atoms with Gasteiger partial charge in [-0.3, -0.25) is 0 Å². The molecular formula is C22H27F2N3O2. The van der Waals surface area contributed by atoms with Crippen molar-refractivity contribution in [3.63, 3.8) is 0 Å². The summed E-state index contributed by atoms with van der Waals surface area (Å²) in [7, 11) is 3.48. The van der Waals surface area contributed by atoms with Crippen LogP contribution in [0.25, 0.3) is 0 Å². The van der Waals surface area contributed by atoms with E-state index in [4.69, 9.17) is 4.74 Å². The van der Waals surface area contributed by atoms with Crippen LogP contribution in [0.2, 0.25) is 0 Å². The summed E-state index contributed by atoms with van der Waals surface area (Å²) in [5.41, 5.74) is 1.52. The number of halogens is 2. The standard InChI is InChI=1S/C22H27F2N3O2/c1-26-10-9-18(13-26)15-27(14-16-3-6-19(23)7-4-16)22(28)25-12-17-5-8-21(29-2)20(24)11-17/h3-8,11,18H,9-10,12-15H2,1-2H3,(H,25,28). The van der Waals surface area contributed by atoms with Gasteiger partial charge in [0.2, 0.25) is 0 Å². The van der Waals surface area contributed by atoms with E-state index in [9.17, 15) is 13.6 Å². The van der Waals surface area contributed by atoms with Gasteiger partial charge >= 0.3 is 6.03 Å². The molecule has 1 unspecified atom stereocenters. The maximum absolute atomic E-state index is 13.9. The predicted molar refractivity (Wildman–Crippen MR) is 108 cm³/mol. The predicted octanol–water partition coefficient (Wildman–Crippen LogP) is 3.64. The largest absolute Gasteiger partial charge is 0.494 e. The third-order valence-corrected chi connectivity index (χ3v) is 5.20. The van der Waals surface area contributed by atoms with E-state index in [-0.39, 0.29) is 24.1 Å². The molecule has 1 aliphatic rings. The van der Waals surface area contributed by atoms with Gasteiger partial charge in [-0.1, -0.05) is 18.2 Å². The van der Waals surface area contributed by atoms with Gasteiger partial charge in [-0.05, 0) is 61.3 Å². The average molecular weight is 403 g/mol. The molecule has 0 bridgehead atoms. The number of likely N-dealkylation sites (tertiary alicyclic amines) is 1. The van der Waals surface area contributed by atoms with Crippen molar-refractivity contribution in [3.05, 3.63) is 65.2 Å². The lowest BCUT2D eigenvalue weighted by Gasteiger charge is -2.26. The molecule has 156 valence electrons. The second-order valence-corrected chi connectivity index (χ2v) is 7.55. The zero-order chi connectivity index (χ0) is 20.8. The van der Waals surface area contributed by atoms with Gasteiger partial charge in [0.1, 0.15) is 5.82 Å². The number of amides is 2. The number of benzene rings is 2. The first-order valence-corrected chi connectivity index (χ1v) is 9.72. The van der Waals surface area contributed by atoms with Crippen molar-refractivity contribution >= 4 is 6.03 Å². The van der Waals surface area contributed by atoms with Gasteiger partial charge in [-0.25, -0.2) is 13.6 Å². The molecule has 0 radical (unpaired) electrons. The number of carbonyl (C=O) groups excluding carboxylic acids is 1. The van der Waals surface area contributed by atoms with Crippen LogP contribution in [0.5, 0.6) is 5.75 Å². The number of ether oxygens (including phenoxy) is 1. The number of hydrogen-bond acceptors (Lipinski definition) is 3. The molecule has 0 aromatic heterocycles. The second-order valence-electron chi connectivity index (χ2n) is 7.55. The Morgan fingerprint density at radius 2 is 1.93 bits per heavy atom. The lowest BCUT2D eigenvalue weighted by Crippen LogP contribution is -2.42. The Balaban J connectivity index is 1.65. The molecule has 5 nitrogen and oxygen atoms in total. The monoisotopic (exact) mass is 403 g/mol. The maximum Gasteiger partial charge on any atom is 0.317 e. The number of methoxy groups -OCH3 is 1. The Morgan fingerprint density at radius 3 is 2.55 bits per heavy atom. The zero-order valence-corrected chi connectivity index (χ0v) is 16.8. The zero-order valence-electron chi connectivity index (χ0n) is 16.8. The number of urea groups is 1. The van der Waals surface area contributed by atoms with Crippen LogP contribution < -0.4 is 10.1 Å². The van der Waals surface area contributed by atoms with Gasteiger partial charge in [0, 0.05) is 26.2 Å². The molecule has 2 aromatic rings. The summed E-state index contributed by atoms with van der Waals surface area (Å²) < 4.78 is 32.0. The quantitative estimate of drug-likeness (QED) is 0.768. The molecule has 1 atom stereocenters. The molecule has 0 aliphatic carbocycles. The molecule has 2 aromatic carbocycles. The molecule has 0 spiro atoms. The summed E-state index contributed by atoms with van der Waals surface area (Å²) in [6.45, 7) is 3.18. The van der Waals surface area contributed by atoms with Crippen molar-refractivity contribution in [2.24, 2.45) is 5.92 Å². The number of nitrogens with zero attached hydrogens (tertiary/aromatic N) is 2. The van der Waals surface area contributed by atoms with Crippen molar-refractivity contribution < 1.29 is 18.3 Å². The highest BCUT2D eigenvalue weighted by Crippen LogP contribution is 2.19. The van der Waals surface area contributed by atoms with E-state index in [0.717, 1.165) is 25.1 Å². The van der Waals surface area contributed by atoms with Gasteiger partial charge < -0.3 is 19.9 Å². The van der Waals surface area contributed by atoms with Crippen molar-refractivity contribution in [2.45, 2.75) is 19.5 Å². The number of carbonyl (C=O) groups is 1. The number of nitrogens with one attached hydrogen (secondary N) is 1. The molecule has 7 heteroatoms. The smallest absolute Gasteiger partial charge is 0.317 e. The molecule has 1 saturated heterocycles. The molecule has 3 rings (SSSR count). The van der Waals surface area contributed by atoms with Crippen LogP contribution in [0, 0.1) is 17.6 Å². The van der Waals surface area contributed by atoms with Crippen LogP contribution in [0.1, 0.15) is 17.5 Å². The lowest BCUT2D eigenvalue weighted by atomic mass is 10.1. The van der Waals surface area contributed by atoms with Gasteiger partial charge in [0.15, 0.2) is 11.6 Å². The Labute approximate surface area is 170 Å². The van der Waals surface area contributed by atoms with E-state index in [1.165, 1.54) is 25.3 Å². The number of hydrogen-bond donors (Lipinski definition) is 1. The summed E-state index contributed by atoms with van der Waals surface area (Å²) in [6.07, 6.45) is 1.04. The van der Waals surface area contributed by atoms with Crippen molar-refractivity contribution in [2.75, 3.05) is 33.8 Å². The highest BCUT2D eigenvalue weighted by Gasteiger charge is 2.24. The Bertz CT molecular complexity index is 829. The molecule has 1 heterocycles. The van der Waals surface area contributed by atoms with E-state index in [2.05, 4.69) is 17.3 Å². The molecule has 1 aliphatic heterocycles. The van der Waals surface area contributed by atoms with Crippen LogP contribution in [0.3, 0.4) is 0 Å². The third kappa shape index (κ3) is 5.90. The Kier molecular flexibility index (Phi) is 7.04. The van der Waals surface area contributed by atoms with Gasteiger partial charge in [-0.15, -0.1) is 0 Å². The van der Waals surface area contributed by atoms with Crippen molar-refractivity contribution in [3.8, 4) is 5.75 Å². The summed E-state index contributed by atoms with van der Waals surface area (Å²) in [4.78, 5) is 16.9. The van der Waals surface area contributed by atoms with Gasteiger partial charge in [0.25, 0.3) is 0 Å². The van der Waals surface area contributed by atoms with Crippen molar-refractivity contribution in [1.29, 1.82) is 0 Å². The first-order valence-electron chi connectivity index (χ1n) is 9.72. The average Bonchev–Trinajstić information content (AvgIpc) is 3.12. The van der Waals surface area contributed by atoms with Crippen molar-refractivity contribution in [1.82, 2.24) is 15.1 Å². The molecule has 1 N–H and O–H groups in total. The SMILES string of the molecule is COc1ccc(CNC(=O)N(Cc2ccc(F)cc2)CC2CCN(C)C2)cc1F. The van der Waals surface area contributed by atoms with Crippen LogP contribution in [-0.2, 0) is 13.1 Å². The van der Waals surface area contributed by atoms with Crippen LogP contribution in [-0.4, -0.2) is 49.6 Å². The minimum Gasteiger partial charge on any atom is -0.494 e.